The molecule has 0 radical (unpaired) electrons. The number of nitrogens with one attached hydrogen (secondary N) is 1. The van der Waals surface area contributed by atoms with E-state index >= 15 is 0 Å². The molecule has 4 aromatic rings. The van der Waals surface area contributed by atoms with E-state index < -0.39 is 29.7 Å². The van der Waals surface area contributed by atoms with Crippen LogP contribution in [0.5, 0.6) is 17.2 Å². The molecule has 7 nitrogen and oxygen atoms in total. The van der Waals surface area contributed by atoms with Gasteiger partial charge in [-0.25, -0.2) is 0 Å². The first-order chi connectivity index (χ1) is 18.0. The number of fused-ring (bicyclic) bond motifs is 1. The molecular formula is C28H24F3NO6. The van der Waals surface area contributed by atoms with Crippen LogP contribution in [0.15, 0.2) is 63.8 Å². The Bertz CT molecular complexity index is 1580. The number of carbonyl (C=O) groups is 1. The third-order valence-electron chi connectivity index (χ3n) is 5.75. The molecule has 0 aliphatic carbocycles. The molecule has 0 saturated heterocycles. The lowest BCUT2D eigenvalue weighted by atomic mass is 10.0. The zero-order valence-corrected chi connectivity index (χ0v) is 21.0. The molecule has 0 bridgehead atoms. The van der Waals surface area contributed by atoms with Gasteiger partial charge in [0.05, 0.1) is 25.2 Å². The average molecular weight is 527 g/mol. The summed E-state index contributed by atoms with van der Waals surface area (Å²) in [4.78, 5) is 26.1. The Morgan fingerprint density at radius 1 is 0.974 bits per heavy atom. The first-order valence-electron chi connectivity index (χ1n) is 11.4. The number of aryl methyl sites for hydroxylation is 2. The van der Waals surface area contributed by atoms with Crippen molar-refractivity contribution in [3.8, 4) is 28.6 Å². The molecule has 0 atom stereocenters. The Morgan fingerprint density at radius 2 is 1.71 bits per heavy atom. The van der Waals surface area contributed by atoms with Gasteiger partial charge in [0.2, 0.25) is 11.2 Å². The maximum atomic E-state index is 13.5. The number of halogens is 3. The summed E-state index contributed by atoms with van der Waals surface area (Å²) >= 11 is 0. The summed E-state index contributed by atoms with van der Waals surface area (Å²) in [6.45, 7) is 2.98. The van der Waals surface area contributed by atoms with Crippen molar-refractivity contribution in [1.82, 2.24) is 0 Å². The van der Waals surface area contributed by atoms with Gasteiger partial charge in [0.25, 0.3) is 5.91 Å². The van der Waals surface area contributed by atoms with Crippen LogP contribution >= 0.6 is 0 Å². The van der Waals surface area contributed by atoms with Crippen molar-refractivity contribution in [2.24, 2.45) is 0 Å². The number of anilines is 1. The van der Waals surface area contributed by atoms with Gasteiger partial charge in [-0.2, -0.15) is 13.2 Å². The lowest BCUT2D eigenvalue weighted by Crippen LogP contribution is -2.23. The van der Waals surface area contributed by atoms with E-state index in [1.165, 1.54) is 26.4 Å². The van der Waals surface area contributed by atoms with Gasteiger partial charge >= 0.3 is 6.18 Å². The molecule has 0 fully saturated rings. The number of hydrogen-bond acceptors (Lipinski definition) is 6. The van der Waals surface area contributed by atoms with Crippen LogP contribution in [0.1, 0.15) is 16.7 Å². The second kappa shape index (κ2) is 10.5. The van der Waals surface area contributed by atoms with Gasteiger partial charge in [-0.1, -0.05) is 12.1 Å². The fraction of sp³-hybridized carbons (Fsp3) is 0.214. The highest BCUT2D eigenvalue weighted by molar-refractivity contribution is 5.92. The lowest BCUT2D eigenvalue weighted by Gasteiger charge is -2.15. The Morgan fingerprint density at radius 3 is 2.39 bits per heavy atom. The summed E-state index contributed by atoms with van der Waals surface area (Å²) in [7, 11) is 2.94. The fourth-order valence-electron chi connectivity index (χ4n) is 4.04. The summed E-state index contributed by atoms with van der Waals surface area (Å²) in [6.07, 6.45) is -4.56. The Balaban J connectivity index is 1.73. The molecule has 0 saturated carbocycles. The first kappa shape index (κ1) is 26.6. The van der Waals surface area contributed by atoms with E-state index in [9.17, 15) is 22.8 Å². The van der Waals surface area contributed by atoms with Gasteiger partial charge in [-0.15, -0.1) is 0 Å². The largest absolute Gasteiger partial charge is 0.493 e. The average Bonchev–Trinajstić information content (AvgIpc) is 2.87. The molecule has 3 aromatic carbocycles. The van der Waals surface area contributed by atoms with E-state index in [0.29, 0.717) is 22.6 Å². The highest BCUT2D eigenvalue weighted by Crippen LogP contribution is 2.37. The Kier molecular flexibility index (Phi) is 7.34. The number of amides is 1. The van der Waals surface area contributed by atoms with Gasteiger partial charge < -0.3 is 23.9 Å². The van der Waals surface area contributed by atoms with Crippen LogP contribution in [0, 0.1) is 13.8 Å². The summed E-state index contributed by atoms with van der Waals surface area (Å²) in [6, 6.07) is 12.6. The summed E-state index contributed by atoms with van der Waals surface area (Å²) < 4.78 is 61.5. The van der Waals surface area contributed by atoms with Gasteiger partial charge in [0.15, 0.2) is 23.9 Å². The maximum Gasteiger partial charge on any atom is 0.416 e. The van der Waals surface area contributed by atoms with E-state index in [1.807, 2.05) is 13.0 Å². The summed E-state index contributed by atoms with van der Waals surface area (Å²) in [5.74, 6) is -0.102. The quantitative estimate of drug-likeness (QED) is 0.311. The second-order valence-corrected chi connectivity index (χ2v) is 8.53. The molecule has 10 heteroatoms. The molecule has 1 heterocycles. The molecule has 0 aliphatic rings. The van der Waals surface area contributed by atoms with Gasteiger partial charge in [-0.3, -0.25) is 9.59 Å². The van der Waals surface area contributed by atoms with Crippen LogP contribution in [0.3, 0.4) is 0 Å². The molecule has 1 N–H and O–H groups in total. The van der Waals surface area contributed by atoms with Crippen molar-refractivity contribution in [3.63, 3.8) is 0 Å². The minimum atomic E-state index is -4.56. The zero-order chi connectivity index (χ0) is 27.6. The van der Waals surface area contributed by atoms with Crippen molar-refractivity contribution < 1.29 is 36.6 Å². The molecule has 1 aromatic heterocycles. The topological polar surface area (TPSA) is 87.0 Å². The van der Waals surface area contributed by atoms with Gasteiger partial charge in [0, 0.05) is 11.3 Å². The van der Waals surface area contributed by atoms with E-state index in [0.717, 1.165) is 23.3 Å². The van der Waals surface area contributed by atoms with E-state index in [2.05, 4.69) is 5.32 Å². The van der Waals surface area contributed by atoms with E-state index in [-0.39, 0.29) is 22.6 Å². The molecule has 198 valence electrons. The number of methoxy groups -OCH3 is 2. The Hall–Kier alpha value is -4.47. The van der Waals surface area contributed by atoms with E-state index in [1.54, 1.807) is 31.2 Å². The SMILES string of the molecule is COc1ccc(-c2oc3c(C)cc(C)cc3c(=O)c2OCC(=O)Nc2cccc(C(F)(F)F)c2)cc1OC. The van der Waals surface area contributed by atoms with Crippen LogP contribution in [0.25, 0.3) is 22.3 Å². The fourth-order valence-corrected chi connectivity index (χ4v) is 4.04. The predicted octanol–water partition coefficient (Wildman–Crippen LogP) is 6.13. The monoisotopic (exact) mass is 527 g/mol. The summed E-state index contributed by atoms with van der Waals surface area (Å²) in [5.41, 5.74) is 0.857. The van der Waals surface area contributed by atoms with Crippen molar-refractivity contribution in [3.05, 3.63) is 81.5 Å². The smallest absolute Gasteiger partial charge is 0.416 e. The third-order valence-corrected chi connectivity index (χ3v) is 5.75. The van der Waals surface area contributed by atoms with Gasteiger partial charge in [-0.05, 0) is 67.4 Å². The molecular weight excluding hydrogens is 503 g/mol. The maximum absolute atomic E-state index is 13.5. The first-order valence-corrected chi connectivity index (χ1v) is 11.4. The normalized spacial score (nSPS) is 11.3. The number of benzene rings is 3. The van der Waals surface area contributed by atoms with Crippen LogP contribution in [0.2, 0.25) is 0 Å². The van der Waals surface area contributed by atoms with Crippen LogP contribution in [-0.2, 0) is 11.0 Å². The molecule has 0 aliphatic heterocycles. The molecule has 4 rings (SSSR count). The minimum Gasteiger partial charge on any atom is -0.493 e. The number of ether oxygens (including phenoxy) is 3. The highest BCUT2D eigenvalue weighted by atomic mass is 19.4. The third kappa shape index (κ3) is 5.44. The lowest BCUT2D eigenvalue weighted by molar-refractivity contribution is -0.137. The number of hydrogen-bond donors (Lipinski definition) is 1. The highest BCUT2D eigenvalue weighted by Gasteiger charge is 2.30. The van der Waals surface area contributed by atoms with Crippen LogP contribution < -0.4 is 25.0 Å². The van der Waals surface area contributed by atoms with Gasteiger partial charge in [0.1, 0.15) is 5.58 Å². The molecule has 0 spiro atoms. The standard InChI is InChI=1S/C28H24F3NO6/c1-15-10-16(2)25-20(11-15)24(34)27(26(38-25)17-8-9-21(35-3)22(12-17)36-4)37-14-23(33)32-19-7-5-6-18(13-19)28(29,30)31/h5-13H,14H2,1-4H3,(H,32,33). The minimum absolute atomic E-state index is 0.0577. The molecule has 1 amide bonds. The van der Waals surface area contributed by atoms with Crippen molar-refractivity contribution in [1.29, 1.82) is 0 Å². The van der Waals surface area contributed by atoms with Crippen molar-refractivity contribution in [2.45, 2.75) is 20.0 Å². The molecule has 38 heavy (non-hydrogen) atoms. The number of alkyl halides is 3. The van der Waals surface area contributed by atoms with E-state index in [4.69, 9.17) is 18.6 Å². The van der Waals surface area contributed by atoms with Crippen molar-refractivity contribution in [2.75, 3.05) is 26.1 Å². The summed E-state index contributed by atoms with van der Waals surface area (Å²) in [5, 5.41) is 2.62. The second-order valence-electron chi connectivity index (χ2n) is 8.53. The zero-order valence-electron chi connectivity index (χ0n) is 21.0. The Labute approximate surface area is 215 Å². The number of rotatable bonds is 7. The van der Waals surface area contributed by atoms with Crippen LogP contribution in [-0.4, -0.2) is 26.7 Å². The molecule has 0 unspecified atom stereocenters. The van der Waals surface area contributed by atoms with Crippen LogP contribution in [0.4, 0.5) is 18.9 Å². The predicted molar refractivity (Wildman–Crippen MR) is 136 cm³/mol. The number of carbonyl (C=O) groups excluding carboxylic acids is 1. The van der Waals surface area contributed by atoms with Crippen molar-refractivity contribution >= 4 is 22.6 Å².